The van der Waals surface area contributed by atoms with Crippen molar-refractivity contribution in [3.63, 3.8) is 0 Å². The van der Waals surface area contributed by atoms with E-state index in [0.29, 0.717) is 27.8 Å². The molecular weight excluding hydrogens is 354 g/mol. The average molecular weight is 376 g/mol. The van der Waals surface area contributed by atoms with Crippen LogP contribution in [0, 0.1) is 0 Å². The number of hydrogen-bond acceptors (Lipinski definition) is 4. The number of nitrogens with one attached hydrogen (secondary N) is 1. The normalized spacial score (nSPS) is 14.9. The third-order valence-electron chi connectivity index (χ3n) is 4.88. The van der Waals surface area contributed by atoms with Crippen LogP contribution >= 0.6 is 11.6 Å². The lowest BCUT2D eigenvalue weighted by Crippen LogP contribution is -2.50. The van der Waals surface area contributed by atoms with E-state index in [9.17, 15) is 4.79 Å². The predicted molar refractivity (Wildman–Crippen MR) is 101 cm³/mol. The Morgan fingerprint density at radius 3 is 2.00 bits per heavy atom. The van der Waals surface area contributed by atoms with Crippen molar-refractivity contribution in [3.05, 3.63) is 52.5 Å². The number of carbonyl (C=O) groups excluding carboxylic acids is 1. The van der Waals surface area contributed by atoms with Crippen LogP contribution in [0.3, 0.4) is 0 Å². The van der Waals surface area contributed by atoms with E-state index in [1.165, 1.54) is 21.3 Å². The molecule has 3 rings (SSSR count). The summed E-state index contributed by atoms with van der Waals surface area (Å²) < 4.78 is 16.0. The van der Waals surface area contributed by atoms with Gasteiger partial charge in [0.2, 0.25) is 5.75 Å². The number of rotatable bonds is 6. The minimum Gasteiger partial charge on any atom is -0.493 e. The Bertz CT molecular complexity index is 775. The molecule has 26 heavy (non-hydrogen) atoms. The van der Waals surface area contributed by atoms with Crippen molar-refractivity contribution < 1.29 is 19.0 Å². The van der Waals surface area contributed by atoms with E-state index in [-0.39, 0.29) is 11.4 Å². The largest absolute Gasteiger partial charge is 0.493 e. The summed E-state index contributed by atoms with van der Waals surface area (Å²) in [6, 6.07) is 11.0. The number of amides is 1. The molecule has 0 unspecified atom stereocenters. The lowest BCUT2D eigenvalue weighted by atomic mass is 9.71. The number of halogens is 1. The fourth-order valence-corrected chi connectivity index (χ4v) is 3.41. The zero-order valence-corrected chi connectivity index (χ0v) is 15.9. The van der Waals surface area contributed by atoms with Crippen molar-refractivity contribution in [2.75, 3.05) is 21.3 Å². The standard InChI is InChI=1S/C20H22ClNO4/c1-24-16-11-13(12-17(25-2)18(16)26-3)19(23)22-20(9-4-10-20)14-5-7-15(21)8-6-14/h5-8,11-12H,4,9-10H2,1-3H3,(H,22,23). The molecule has 0 saturated heterocycles. The molecule has 1 aliphatic rings. The van der Waals surface area contributed by atoms with Gasteiger partial charge in [-0.3, -0.25) is 4.79 Å². The zero-order chi connectivity index (χ0) is 18.7. The van der Waals surface area contributed by atoms with Crippen molar-refractivity contribution in [2.24, 2.45) is 0 Å². The zero-order valence-electron chi connectivity index (χ0n) is 15.1. The fraction of sp³-hybridized carbons (Fsp3) is 0.350. The highest BCUT2D eigenvalue weighted by Gasteiger charge is 2.40. The molecule has 1 aliphatic carbocycles. The molecule has 0 atom stereocenters. The summed E-state index contributed by atoms with van der Waals surface area (Å²) in [6.07, 6.45) is 2.85. The van der Waals surface area contributed by atoms with E-state index in [1.807, 2.05) is 24.3 Å². The molecule has 2 aromatic carbocycles. The summed E-state index contributed by atoms with van der Waals surface area (Å²) in [5.41, 5.74) is 1.16. The molecule has 138 valence electrons. The highest BCUT2D eigenvalue weighted by molar-refractivity contribution is 6.30. The summed E-state index contributed by atoms with van der Waals surface area (Å²) in [6.45, 7) is 0. The van der Waals surface area contributed by atoms with Crippen LogP contribution in [0.15, 0.2) is 36.4 Å². The Morgan fingerprint density at radius 1 is 1.00 bits per heavy atom. The molecule has 2 aromatic rings. The molecule has 1 fully saturated rings. The molecule has 1 amide bonds. The molecule has 0 bridgehead atoms. The summed E-state index contributed by atoms with van der Waals surface area (Å²) in [7, 11) is 4.59. The van der Waals surface area contributed by atoms with Crippen molar-refractivity contribution in [1.82, 2.24) is 5.32 Å². The SMILES string of the molecule is COc1cc(C(=O)NC2(c3ccc(Cl)cc3)CCC2)cc(OC)c1OC. The first-order valence-electron chi connectivity index (χ1n) is 8.41. The monoisotopic (exact) mass is 375 g/mol. The van der Waals surface area contributed by atoms with Gasteiger partial charge in [-0.2, -0.15) is 0 Å². The van der Waals surface area contributed by atoms with Crippen molar-refractivity contribution in [1.29, 1.82) is 0 Å². The maximum absolute atomic E-state index is 12.9. The van der Waals surface area contributed by atoms with Crippen LogP contribution in [0.25, 0.3) is 0 Å². The highest BCUT2D eigenvalue weighted by Crippen LogP contribution is 2.43. The second-order valence-corrected chi connectivity index (χ2v) is 6.75. The van der Waals surface area contributed by atoms with Crippen LogP contribution in [0.2, 0.25) is 5.02 Å². The summed E-state index contributed by atoms with van der Waals surface area (Å²) in [4.78, 5) is 12.9. The summed E-state index contributed by atoms with van der Waals surface area (Å²) in [5, 5.41) is 3.87. The molecule has 6 heteroatoms. The van der Waals surface area contributed by atoms with Gasteiger partial charge in [-0.25, -0.2) is 0 Å². The Hall–Kier alpha value is -2.40. The topological polar surface area (TPSA) is 56.8 Å². The van der Waals surface area contributed by atoms with Gasteiger partial charge >= 0.3 is 0 Å². The van der Waals surface area contributed by atoms with Gasteiger partial charge in [0.05, 0.1) is 26.9 Å². The maximum atomic E-state index is 12.9. The Balaban J connectivity index is 1.90. The van der Waals surface area contributed by atoms with Gasteiger partial charge in [-0.15, -0.1) is 0 Å². The van der Waals surface area contributed by atoms with Gasteiger partial charge < -0.3 is 19.5 Å². The van der Waals surface area contributed by atoms with Gasteiger partial charge in [-0.1, -0.05) is 23.7 Å². The molecule has 0 radical (unpaired) electrons. The van der Waals surface area contributed by atoms with E-state index in [0.717, 1.165) is 24.8 Å². The highest BCUT2D eigenvalue weighted by atomic mass is 35.5. The van der Waals surface area contributed by atoms with Gasteiger partial charge in [-0.05, 0) is 49.1 Å². The fourth-order valence-electron chi connectivity index (χ4n) is 3.29. The van der Waals surface area contributed by atoms with E-state index in [1.54, 1.807) is 12.1 Å². The number of benzene rings is 2. The molecule has 0 heterocycles. The van der Waals surface area contributed by atoms with E-state index >= 15 is 0 Å². The van der Waals surface area contributed by atoms with Gasteiger partial charge in [0.15, 0.2) is 11.5 Å². The Labute approximate surface area is 158 Å². The smallest absolute Gasteiger partial charge is 0.252 e. The minimum absolute atomic E-state index is 0.182. The number of methoxy groups -OCH3 is 3. The number of hydrogen-bond donors (Lipinski definition) is 1. The van der Waals surface area contributed by atoms with Crippen molar-refractivity contribution in [2.45, 2.75) is 24.8 Å². The maximum Gasteiger partial charge on any atom is 0.252 e. The first-order chi connectivity index (χ1) is 12.5. The molecule has 5 nitrogen and oxygen atoms in total. The lowest BCUT2D eigenvalue weighted by Gasteiger charge is -2.43. The third-order valence-corrected chi connectivity index (χ3v) is 5.14. The Morgan fingerprint density at radius 2 is 1.58 bits per heavy atom. The van der Waals surface area contributed by atoms with E-state index < -0.39 is 0 Å². The number of carbonyl (C=O) groups is 1. The van der Waals surface area contributed by atoms with Gasteiger partial charge in [0.25, 0.3) is 5.91 Å². The second-order valence-electron chi connectivity index (χ2n) is 6.31. The lowest BCUT2D eigenvalue weighted by molar-refractivity contribution is 0.0822. The van der Waals surface area contributed by atoms with Crippen LogP contribution in [-0.4, -0.2) is 27.2 Å². The van der Waals surface area contributed by atoms with E-state index in [4.69, 9.17) is 25.8 Å². The van der Waals surface area contributed by atoms with Crippen LogP contribution < -0.4 is 19.5 Å². The van der Waals surface area contributed by atoms with E-state index in [2.05, 4.69) is 5.32 Å². The molecule has 0 aliphatic heterocycles. The predicted octanol–water partition coefficient (Wildman–Crippen LogP) is 4.18. The molecule has 1 N–H and O–H groups in total. The second kappa shape index (κ2) is 7.46. The molecule has 1 saturated carbocycles. The minimum atomic E-state index is -0.359. The summed E-state index contributed by atoms with van der Waals surface area (Å²) >= 11 is 5.99. The van der Waals surface area contributed by atoms with Gasteiger partial charge in [0, 0.05) is 10.6 Å². The van der Waals surface area contributed by atoms with Crippen molar-refractivity contribution >= 4 is 17.5 Å². The first-order valence-corrected chi connectivity index (χ1v) is 8.79. The summed E-state index contributed by atoms with van der Waals surface area (Å²) in [5.74, 6) is 1.18. The van der Waals surface area contributed by atoms with Crippen LogP contribution in [0.5, 0.6) is 17.2 Å². The average Bonchev–Trinajstić information content (AvgIpc) is 2.63. The third kappa shape index (κ3) is 3.31. The van der Waals surface area contributed by atoms with Crippen molar-refractivity contribution in [3.8, 4) is 17.2 Å². The molecule has 0 aromatic heterocycles. The first kappa shape index (κ1) is 18.4. The van der Waals surface area contributed by atoms with Crippen LogP contribution in [0.4, 0.5) is 0 Å². The molecular formula is C20H22ClNO4. The Kier molecular flexibility index (Phi) is 5.28. The van der Waals surface area contributed by atoms with Gasteiger partial charge in [0.1, 0.15) is 0 Å². The molecule has 0 spiro atoms. The van der Waals surface area contributed by atoms with Crippen LogP contribution in [-0.2, 0) is 5.54 Å². The van der Waals surface area contributed by atoms with Crippen LogP contribution in [0.1, 0.15) is 35.2 Å². The number of ether oxygens (including phenoxy) is 3. The quantitative estimate of drug-likeness (QED) is 0.823.